The van der Waals surface area contributed by atoms with Gasteiger partial charge in [0.15, 0.2) is 6.29 Å². The largest absolute Gasteiger partial charge is 0.355 e. The van der Waals surface area contributed by atoms with Crippen LogP contribution >= 0.6 is 0 Å². The molecule has 1 aliphatic carbocycles. The molecule has 0 atom stereocenters. The van der Waals surface area contributed by atoms with E-state index in [0.29, 0.717) is 0 Å². The van der Waals surface area contributed by atoms with Crippen LogP contribution in [0.3, 0.4) is 0 Å². The number of ether oxygens (including phenoxy) is 2. The monoisotopic (exact) mass is 215 g/mol. The molecule has 0 aromatic carbocycles. The molecule has 15 heavy (non-hydrogen) atoms. The fraction of sp³-hybridized carbons (Fsp3) is 1.00. The Bertz CT molecular complexity index is 165. The molecule has 3 nitrogen and oxygen atoms in total. The molecule has 3 heteroatoms. The molecule has 0 amide bonds. The Morgan fingerprint density at radius 1 is 1.20 bits per heavy atom. The first-order valence-electron chi connectivity index (χ1n) is 5.97. The van der Waals surface area contributed by atoms with Crippen molar-refractivity contribution in [2.75, 3.05) is 27.3 Å². The van der Waals surface area contributed by atoms with Crippen LogP contribution in [-0.4, -0.2) is 44.5 Å². The zero-order valence-corrected chi connectivity index (χ0v) is 10.5. The van der Waals surface area contributed by atoms with Crippen LogP contribution in [0.25, 0.3) is 0 Å². The first kappa shape index (κ1) is 12.9. The molecule has 0 aromatic heterocycles. The van der Waals surface area contributed by atoms with E-state index in [-0.39, 0.29) is 6.29 Å². The Hall–Kier alpha value is -0.120. The predicted molar refractivity (Wildman–Crippen MR) is 61.9 cm³/mol. The van der Waals surface area contributed by atoms with Gasteiger partial charge in [-0.05, 0) is 31.7 Å². The van der Waals surface area contributed by atoms with E-state index in [1.165, 1.54) is 25.8 Å². The Morgan fingerprint density at radius 3 is 2.20 bits per heavy atom. The van der Waals surface area contributed by atoms with E-state index in [2.05, 4.69) is 18.7 Å². The fourth-order valence-electron chi connectivity index (χ4n) is 1.72. The van der Waals surface area contributed by atoms with Crippen LogP contribution in [0.5, 0.6) is 0 Å². The molecule has 0 bridgehead atoms. The molecule has 0 spiro atoms. The van der Waals surface area contributed by atoms with Gasteiger partial charge < -0.3 is 9.47 Å². The summed E-state index contributed by atoms with van der Waals surface area (Å²) >= 11 is 0. The van der Waals surface area contributed by atoms with Crippen LogP contribution in [0.2, 0.25) is 0 Å². The van der Waals surface area contributed by atoms with Crippen molar-refractivity contribution in [1.82, 2.24) is 4.90 Å². The van der Waals surface area contributed by atoms with Gasteiger partial charge in [-0.1, -0.05) is 13.8 Å². The van der Waals surface area contributed by atoms with Crippen LogP contribution in [0, 0.1) is 5.92 Å². The van der Waals surface area contributed by atoms with Crippen molar-refractivity contribution in [2.45, 2.75) is 45.4 Å². The molecule has 1 saturated carbocycles. The van der Waals surface area contributed by atoms with E-state index in [4.69, 9.17) is 9.47 Å². The summed E-state index contributed by atoms with van der Waals surface area (Å²) in [5.41, 5.74) is 0. The third-order valence-corrected chi connectivity index (χ3v) is 2.97. The normalized spacial score (nSPS) is 17.0. The summed E-state index contributed by atoms with van der Waals surface area (Å²) in [5.74, 6) is 0.773. The van der Waals surface area contributed by atoms with Crippen LogP contribution in [0.15, 0.2) is 0 Å². The van der Waals surface area contributed by atoms with E-state index >= 15 is 0 Å². The summed E-state index contributed by atoms with van der Waals surface area (Å²) in [6.45, 7) is 6.63. The first-order chi connectivity index (χ1) is 7.17. The quantitative estimate of drug-likeness (QED) is 0.579. The van der Waals surface area contributed by atoms with Crippen molar-refractivity contribution in [2.24, 2.45) is 5.92 Å². The van der Waals surface area contributed by atoms with Gasteiger partial charge in [-0.2, -0.15) is 0 Å². The molecule has 0 unspecified atom stereocenters. The smallest absolute Gasteiger partial charge is 0.169 e. The third kappa shape index (κ3) is 4.96. The lowest BCUT2D eigenvalue weighted by molar-refractivity contribution is -0.117. The summed E-state index contributed by atoms with van der Waals surface area (Å²) in [6, 6.07) is 0.788. The van der Waals surface area contributed by atoms with Gasteiger partial charge in [0.1, 0.15) is 0 Å². The predicted octanol–water partition coefficient (Wildman–Crippen LogP) is 2.12. The number of hydrogen-bond acceptors (Lipinski definition) is 3. The second-order valence-corrected chi connectivity index (χ2v) is 4.81. The highest BCUT2D eigenvalue weighted by atomic mass is 16.7. The van der Waals surface area contributed by atoms with Crippen molar-refractivity contribution in [1.29, 1.82) is 0 Å². The first-order valence-corrected chi connectivity index (χ1v) is 5.97. The summed E-state index contributed by atoms with van der Waals surface area (Å²) in [4.78, 5) is 2.51. The highest BCUT2D eigenvalue weighted by molar-refractivity contribution is 4.85. The topological polar surface area (TPSA) is 21.7 Å². The van der Waals surface area contributed by atoms with E-state index in [1.807, 2.05) is 0 Å². The Morgan fingerprint density at radius 2 is 1.80 bits per heavy atom. The van der Waals surface area contributed by atoms with E-state index in [1.54, 1.807) is 14.2 Å². The Kier molecular flexibility index (Phi) is 5.58. The Balaban J connectivity index is 2.29. The molecule has 1 fully saturated rings. The highest BCUT2D eigenvalue weighted by Gasteiger charge is 2.30. The maximum atomic E-state index is 5.25. The summed E-state index contributed by atoms with van der Waals surface area (Å²) in [5, 5.41) is 0. The van der Waals surface area contributed by atoms with Gasteiger partial charge in [0.05, 0.1) is 0 Å². The number of nitrogens with zero attached hydrogens (tertiary/aromatic N) is 1. The zero-order chi connectivity index (χ0) is 11.3. The standard InChI is InChI=1S/C12H25NO2/c1-10(2)7-8-13(11-5-6-11)9-12(14-3)15-4/h10-12H,5-9H2,1-4H3. The summed E-state index contributed by atoms with van der Waals surface area (Å²) in [6.07, 6.45) is 3.88. The minimum Gasteiger partial charge on any atom is -0.355 e. The van der Waals surface area contributed by atoms with Crippen LogP contribution in [-0.2, 0) is 9.47 Å². The Labute approximate surface area is 93.7 Å². The molecule has 0 saturated heterocycles. The van der Waals surface area contributed by atoms with Crippen LogP contribution < -0.4 is 0 Å². The average Bonchev–Trinajstić information content (AvgIpc) is 3.02. The lowest BCUT2D eigenvalue weighted by Gasteiger charge is -2.26. The van der Waals surface area contributed by atoms with Gasteiger partial charge in [-0.3, -0.25) is 4.90 Å². The third-order valence-electron chi connectivity index (χ3n) is 2.97. The molecular weight excluding hydrogens is 190 g/mol. The molecule has 0 heterocycles. The van der Waals surface area contributed by atoms with Gasteiger partial charge in [-0.25, -0.2) is 0 Å². The maximum absolute atomic E-state index is 5.25. The molecule has 0 aromatic rings. The van der Waals surface area contributed by atoms with Gasteiger partial charge in [-0.15, -0.1) is 0 Å². The summed E-state index contributed by atoms with van der Waals surface area (Å²) < 4.78 is 10.5. The second-order valence-electron chi connectivity index (χ2n) is 4.81. The minimum absolute atomic E-state index is 0.0715. The van der Waals surface area contributed by atoms with Gasteiger partial charge >= 0.3 is 0 Å². The van der Waals surface area contributed by atoms with Crippen molar-refractivity contribution < 1.29 is 9.47 Å². The number of hydrogen-bond donors (Lipinski definition) is 0. The number of methoxy groups -OCH3 is 2. The number of rotatable bonds is 8. The molecule has 1 rings (SSSR count). The molecule has 90 valence electrons. The zero-order valence-electron chi connectivity index (χ0n) is 10.5. The van der Waals surface area contributed by atoms with Gasteiger partial charge in [0, 0.05) is 26.8 Å². The lowest BCUT2D eigenvalue weighted by Crippen LogP contribution is -2.37. The fourth-order valence-corrected chi connectivity index (χ4v) is 1.72. The maximum Gasteiger partial charge on any atom is 0.169 e. The van der Waals surface area contributed by atoms with E-state index < -0.39 is 0 Å². The van der Waals surface area contributed by atoms with Gasteiger partial charge in [0.25, 0.3) is 0 Å². The average molecular weight is 215 g/mol. The van der Waals surface area contributed by atoms with Gasteiger partial charge in [0.2, 0.25) is 0 Å². The van der Waals surface area contributed by atoms with Crippen molar-refractivity contribution in [3.8, 4) is 0 Å². The lowest BCUT2D eigenvalue weighted by atomic mass is 10.1. The minimum atomic E-state index is -0.0715. The molecule has 0 aliphatic heterocycles. The highest BCUT2D eigenvalue weighted by Crippen LogP contribution is 2.27. The molecule has 0 radical (unpaired) electrons. The van der Waals surface area contributed by atoms with Crippen molar-refractivity contribution in [3.63, 3.8) is 0 Å². The molecular formula is C12H25NO2. The second kappa shape index (κ2) is 6.46. The van der Waals surface area contributed by atoms with Crippen LogP contribution in [0.1, 0.15) is 33.1 Å². The van der Waals surface area contributed by atoms with E-state index in [0.717, 1.165) is 18.5 Å². The van der Waals surface area contributed by atoms with Crippen LogP contribution in [0.4, 0.5) is 0 Å². The van der Waals surface area contributed by atoms with Crippen molar-refractivity contribution >= 4 is 0 Å². The molecule has 0 N–H and O–H groups in total. The summed E-state index contributed by atoms with van der Waals surface area (Å²) in [7, 11) is 3.42. The SMILES string of the molecule is COC(CN(CCC(C)C)C1CC1)OC. The van der Waals surface area contributed by atoms with Crippen molar-refractivity contribution in [3.05, 3.63) is 0 Å². The van der Waals surface area contributed by atoms with E-state index in [9.17, 15) is 0 Å². The molecule has 1 aliphatic rings.